The van der Waals surface area contributed by atoms with Gasteiger partial charge in [-0.3, -0.25) is 14.9 Å². The van der Waals surface area contributed by atoms with E-state index < -0.39 is 11.0 Å². The molecule has 8 nitrogen and oxygen atoms in total. The molecule has 2 aromatic carbocycles. The number of ether oxygens (including phenoxy) is 2. The smallest absolute Gasteiger partial charge is 0.315 e. The molecule has 3 rings (SSSR count). The second kappa shape index (κ2) is 9.78. The van der Waals surface area contributed by atoms with E-state index in [0.717, 1.165) is 0 Å². The first kappa shape index (κ1) is 23.2. The number of nitro groups is 1. The third-order valence-electron chi connectivity index (χ3n) is 5.29. The molecule has 0 amide bonds. The molecule has 0 spiro atoms. The number of hydrogen-bond acceptors (Lipinski definition) is 6. The number of benzene rings is 2. The highest BCUT2D eigenvalue weighted by atomic mass is 32.1. The third kappa shape index (κ3) is 4.43. The van der Waals surface area contributed by atoms with Gasteiger partial charge in [0.25, 0.3) is 0 Å². The Kier molecular flexibility index (Phi) is 7.09. The Balaban J connectivity index is 2.19. The zero-order valence-corrected chi connectivity index (χ0v) is 19.2. The molecule has 2 aromatic rings. The Labute approximate surface area is 192 Å². The van der Waals surface area contributed by atoms with Gasteiger partial charge in [-0.1, -0.05) is 37.3 Å². The molecule has 9 heteroatoms. The Morgan fingerprint density at radius 2 is 1.97 bits per heavy atom. The van der Waals surface area contributed by atoms with Crippen molar-refractivity contribution in [3.8, 4) is 11.5 Å². The van der Waals surface area contributed by atoms with Crippen LogP contribution in [0.1, 0.15) is 42.2 Å². The third-order valence-corrected chi connectivity index (χ3v) is 5.68. The summed E-state index contributed by atoms with van der Waals surface area (Å²) in [6.45, 7) is 4.02. The summed E-state index contributed by atoms with van der Waals surface area (Å²) in [5.74, 6) is 0.0941. The van der Waals surface area contributed by atoms with E-state index in [2.05, 4.69) is 5.32 Å². The van der Waals surface area contributed by atoms with E-state index in [-0.39, 0.29) is 23.0 Å². The number of hydrogen-bond donors (Lipinski definition) is 1. The van der Waals surface area contributed by atoms with Crippen LogP contribution in [-0.4, -0.2) is 41.5 Å². The highest BCUT2D eigenvalue weighted by molar-refractivity contribution is 7.80. The molecule has 1 N–H and O–H groups in total. The predicted molar refractivity (Wildman–Crippen MR) is 125 cm³/mol. The molecule has 1 aliphatic heterocycles. The number of Topliss-reactive ketones (excluding diaryl/α,β-unsaturated/α-hetero) is 1. The van der Waals surface area contributed by atoms with Crippen LogP contribution in [0.4, 0.5) is 5.69 Å². The minimum absolute atomic E-state index is 0.0650. The normalized spacial score (nSPS) is 15.9. The Hall–Kier alpha value is -3.46. The monoisotopic (exact) mass is 455 g/mol. The fraction of sp³-hybridized carbons (Fsp3) is 0.304. The van der Waals surface area contributed by atoms with Crippen molar-refractivity contribution in [1.82, 2.24) is 10.2 Å². The summed E-state index contributed by atoms with van der Waals surface area (Å²) in [7, 11) is 3.19. The second-order valence-corrected chi connectivity index (χ2v) is 7.70. The highest BCUT2D eigenvalue weighted by Gasteiger charge is 2.35. The van der Waals surface area contributed by atoms with E-state index in [4.69, 9.17) is 21.7 Å². The average Bonchev–Trinajstić information content (AvgIpc) is 2.80. The molecular formula is C23H25N3O5S. The van der Waals surface area contributed by atoms with E-state index in [9.17, 15) is 14.9 Å². The number of thiocarbonyl (C=S) groups is 1. The van der Waals surface area contributed by atoms with Gasteiger partial charge in [-0.15, -0.1) is 0 Å². The maximum atomic E-state index is 13.5. The zero-order valence-electron chi connectivity index (χ0n) is 18.4. The molecule has 0 bridgehead atoms. The van der Waals surface area contributed by atoms with Gasteiger partial charge >= 0.3 is 5.69 Å². The lowest BCUT2D eigenvalue weighted by Crippen LogP contribution is -2.45. The largest absolute Gasteiger partial charge is 0.493 e. The summed E-state index contributed by atoms with van der Waals surface area (Å²) < 4.78 is 11.0. The molecule has 0 fully saturated rings. The Morgan fingerprint density at radius 3 is 2.56 bits per heavy atom. The van der Waals surface area contributed by atoms with Crippen molar-refractivity contribution < 1.29 is 19.2 Å². The lowest BCUT2D eigenvalue weighted by molar-refractivity contribution is -0.386. The predicted octanol–water partition coefficient (Wildman–Crippen LogP) is 4.41. The van der Waals surface area contributed by atoms with Crippen LogP contribution < -0.4 is 14.8 Å². The van der Waals surface area contributed by atoms with Crippen LogP contribution in [0.3, 0.4) is 0 Å². The number of nitro benzene ring substituents is 1. The summed E-state index contributed by atoms with van der Waals surface area (Å²) in [6.07, 6.45) is 0.685. The van der Waals surface area contributed by atoms with Gasteiger partial charge in [-0.25, -0.2) is 0 Å². The minimum atomic E-state index is -0.695. The molecule has 0 aliphatic carbocycles. The van der Waals surface area contributed by atoms with E-state index >= 15 is 0 Å². The minimum Gasteiger partial charge on any atom is -0.493 e. The average molecular weight is 456 g/mol. The molecule has 1 heterocycles. The zero-order chi connectivity index (χ0) is 23.4. The molecule has 1 unspecified atom stereocenters. The van der Waals surface area contributed by atoms with Gasteiger partial charge in [-0.2, -0.15) is 0 Å². The van der Waals surface area contributed by atoms with Gasteiger partial charge in [0.05, 0.1) is 24.7 Å². The number of allylic oxidation sites excluding steroid dienone is 1. The standard InChI is InChI=1S/C23H25N3O5S/c1-5-11-31-22-17(26(28)29)12-16(13-18(22)30-4)20-19(14(2)25(3)23(32)24-20)21(27)15-9-7-6-8-10-15/h6-10,12-13,20H,5,11H2,1-4H3,(H,24,32). The SMILES string of the molecule is CCCOc1c(OC)cc(C2NC(=S)N(C)C(C)=C2C(=O)c2ccccc2)cc1[N+](=O)[O-]. The van der Waals surface area contributed by atoms with Crippen LogP contribution in [0.5, 0.6) is 11.5 Å². The molecule has 0 saturated heterocycles. The van der Waals surface area contributed by atoms with Crippen LogP contribution in [0, 0.1) is 10.1 Å². The number of carbonyl (C=O) groups excluding carboxylic acids is 1. The van der Waals surface area contributed by atoms with Gasteiger partial charge in [0, 0.05) is 29.9 Å². The highest BCUT2D eigenvalue weighted by Crippen LogP contribution is 2.42. The van der Waals surface area contributed by atoms with Gasteiger partial charge in [0.2, 0.25) is 5.75 Å². The van der Waals surface area contributed by atoms with Crippen molar-refractivity contribution in [2.45, 2.75) is 26.3 Å². The Bertz CT molecular complexity index is 1080. The molecule has 0 aromatic heterocycles. The topological polar surface area (TPSA) is 93.9 Å². The van der Waals surface area contributed by atoms with Crippen LogP contribution in [0.2, 0.25) is 0 Å². The first-order chi connectivity index (χ1) is 15.3. The van der Waals surface area contributed by atoms with Crippen molar-refractivity contribution in [2.24, 2.45) is 0 Å². The number of nitrogens with one attached hydrogen (secondary N) is 1. The quantitative estimate of drug-likeness (QED) is 0.271. The summed E-state index contributed by atoms with van der Waals surface area (Å²) in [5.41, 5.74) is 1.88. The molecule has 168 valence electrons. The van der Waals surface area contributed by atoms with Crippen molar-refractivity contribution in [2.75, 3.05) is 20.8 Å². The number of ketones is 1. The number of methoxy groups -OCH3 is 1. The number of nitrogens with zero attached hydrogens (tertiary/aromatic N) is 2. The van der Waals surface area contributed by atoms with Crippen molar-refractivity contribution in [1.29, 1.82) is 0 Å². The van der Waals surface area contributed by atoms with Crippen LogP contribution in [0.25, 0.3) is 0 Å². The maximum Gasteiger partial charge on any atom is 0.315 e. The summed E-state index contributed by atoms with van der Waals surface area (Å²) in [4.78, 5) is 26.5. The summed E-state index contributed by atoms with van der Waals surface area (Å²) in [6, 6.07) is 11.2. The number of rotatable bonds is 8. The van der Waals surface area contributed by atoms with Gasteiger partial charge in [0.1, 0.15) is 0 Å². The maximum absolute atomic E-state index is 13.5. The lowest BCUT2D eigenvalue weighted by atomic mass is 9.89. The lowest BCUT2D eigenvalue weighted by Gasteiger charge is -2.36. The summed E-state index contributed by atoms with van der Waals surface area (Å²) in [5, 5.41) is 15.4. The molecular weight excluding hydrogens is 430 g/mol. The molecule has 0 saturated carbocycles. The number of carbonyl (C=O) groups is 1. The molecule has 0 radical (unpaired) electrons. The first-order valence-electron chi connectivity index (χ1n) is 10.1. The fourth-order valence-electron chi connectivity index (χ4n) is 3.54. The molecule has 32 heavy (non-hydrogen) atoms. The van der Waals surface area contributed by atoms with E-state index in [1.54, 1.807) is 49.2 Å². The molecule has 1 aliphatic rings. The van der Waals surface area contributed by atoms with Crippen LogP contribution in [-0.2, 0) is 0 Å². The van der Waals surface area contributed by atoms with Gasteiger partial charge in [-0.05, 0) is 37.2 Å². The van der Waals surface area contributed by atoms with Crippen molar-refractivity contribution in [3.05, 3.63) is 75.0 Å². The summed E-state index contributed by atoms with van der Waals surface area (Å²) >= 11 is 5.45. The second-order valence-electron chi connectivity index (χ2n) is 7.31. The Morgan fingerprint density at radius 1 is 1.28 bits per heavy atom. The van der Waals surface area contributed by atoms with Crippen molar-refractivity contribution >= 4 is 28.8 Å². The first-order valence-corrected chi connectivity index (χ1v) is 10.5. The van der Waals surface area contributed by atoms with E-state index in [1.165, 1.54) is 13.2 Å². The van der Waals surface area contributed by atoms with Gasteiger partial charge in [0.15, 0.2) is 16.6 Å². The van der Waals surface area contributed by atoms with Crippen molar-refractivity contribution in [3.63, 3.8) is 0 Å². The van der Waals surface area contributed by atoms with Crippen LogP contribution in [0.15, 0.2) is 53.7 Å². The van der Waals surface area contributed by atoms with E-state index in [0.29, 0.717) is 40.5 Å². The molecule has 1 atom stereocenters. The van der Waals surface area contributed by atoms with Crippen LogP contribution >= 0.6 is 12.2 Å². The van der Waals surface area contributed by atoms with Gasteiger partial charge < -0.3 is 19.7 Å². The fourth-order valence-corrected chi connectivity index (χ4v) is 3.79. The van der Waals surface area contributed by atoms with E-state index in [1.807, 2.05) is 13.0 Å².